The molecule has 1 aromatic heterocycles. The molecule has 0 aliphatic heterocycles. The molecular weight excluding hydrogens is 430 g/mol. The second-order valence-corrected chi connectivity index (χ2v) is 7.52. The number of aromatic nitrogens is 1. The molecule has 3 N–H and O–H groups in total. The number of anilines is 1. The molecule has 1 heterocycles. The Balaban J connectivity index is 1.69. The van der Waals surface area contributed by atoms with Crippen LogP contribution in [0.25, 0.3) is 11.3 Å². The highest BCUT2D eigenvalue weighted by Gasteiger charge is 2.20. The van der Waals surface area contributed by atoms with Crippen molar-refractivity contribution >= 4 is 38.3 Å². The van der Waals surface area contributed by atoms with Gasteiger partial charge in [0.2, 0.25) is 5.91 Å². The van der Waals surface area contributed by atoms with E-state index in [4.69, 9.17) is 0 Å². The second kappa shape index (κ2) is 8.20. The number of rotatable bonds is 5. The Morgan fingerprint density at radius 1 is 1.22 bits per heavy atom. The van der Waals surface area contributed by atoms with Crippen molar-refractivity contribution in [2.75, 3.05) is 5.32 Å². The predicted octanol–water partition coefficient (Wildman–Crippen LogP) is 4.30. The number of phenols is 2. The molecule has 0 spiro atoms. The molecule has 0 saturated carbocycles. The first-order valence-electron chi connectivity index (χ1n) is 7.89. The fourth-order valence-electron chi connectivity index (χ4n) is 2.41. The third-order valence-electron chi connectivity index (χ3n) is 3.83. The van der Waals surface area contributed by atoms with Crippen LogP contribution in [0.5, 0.6) is 11.5 Å². The van der Waals surface area contributed by atoms with E-state index < -0.39 is 11.8 Å². The number of aromatic hydroxyl groups is 2. The van der Waals surface area contributed by atoms with Gasteiger partial charge < -0.3 is 15.5 Å². The zero-order valence-electron chi connectivity index (χ0n) is 13.9. The number of hydrogen-bond acceptors (Lipinski definition) is 6. The maximum Gasteiger partial charge on any atom is 0.243 e. The minimum atomic E-state index is -0.950. The number of nitrogens with zero attached hydrogens (tertiary/aromatic N) is 2. The van der Waals surface area contributed by atoms with Crippen LogP contribution in [-0.4, -0.2) is 21.1 Å². The lowest BCUT2D eigenvalue weighted by Crippen LogP contribution is -2.23. The van der Waals surface area contributed by atoms with E-state index >= 15 is 0 Å². The van der Waals surface area contributed by atoms with Crippen LogP contribution in [0.15, 0.2) is 52.3 Å². The minimum Gasteiger partial charge on any atom is -0.504 e. The maximum absolute atomic E-state index is 12.4. The van der Waals surface area contributed by atoms with Crippen molar-refractivity contribution in [3.63, 3.8) is 0 Å². The molecular formula is C19H14BrN3O3S. The van der Waals surface area contributed by atoms with Gasteiger partial charge >= 0.3 is 0 Å². The lowest BCUT2D eigenvalue weighted by atomic mass is 9.99. The first-order valence-corrected chi connectivity index (χ1v) is 9.56. The van der Waals surface area contributed by atoms with Gasteiger partial charge in [0.1, 0.15) is 5.92 Å². The minimum absolute atomic E-state index is 0.112. The molecule has 0 fully saturated rings. The Hall–Kier alpha value is -2.89. The Morgan fingerprint density at radius 2 is 1.96 bits per heavy atom. The van der Waals surface area contributed by atoms with Gasteiger partial charge in [0.05, 0.1) is 11.8 Å². The van der Waals surface area contributed by atoms with E-state index in [2.05, 4.69) is 26.2 Å². The molecule has 1 unspecified atom stereocenters. The number of nitrogens with one attached hydrogen (secondary N) is 1. The highest BCUT2D eigenvalue weighted by Crippen LogP contribution is 2.28. The molecule has 27 heavy (non-hydrogen) atoms. The summed E-state index contributed by atoms with van der Waals surface area (Å²) >= 11 is 4.66. The van der Waals surface area contributed by atoms with E-state index in [1.54, 1.807) is 6.07 Å². The number of carbonyl (C=O) groups is 1. The average molecular weight is 444 g/mol. The molecule has 3 aromatic rings. The van der Waals surface area contributed by atoms with Gasteiger partial charge in [-0.1, -0.05) is 34.1 Å². The summed E-state index contributed by atoms with van der Waals surface area (Å²) in [4.78, 5) is 16.8. The first-order chi connectivity index (χ1) is 13.0. The molecule has 0 radical (unpaired) electrons. The van der Waals surface area contributed by atoms with Crippen molar-refractivity contribution in [3.05, 3.63) is 57.9 Å². The van der Waals surface area contributed by atoms with E-state index in [1.165, 1.54) is 23.5 Å². The van der Waals surface area contributed by atoms with Gasteiger partial charge in [0, 0.05) is 15.4 Å². The molecule has 1 atom stereocenters. The number of carbonyl (C=O) groups excluding carboxylic acids is 1. The van der Waals surface area contributed by atoms with Gasteiger partial charge in [-0.2, -0.15) is 5.26 Å². The topological polar surface area (TPSA) is 106 Å². The standard InChI is InChI=1S/C19H14BrN3O3S/c20-14-4-2-12(3-5-14)15-10-27-19(22-15)23-18(26)13(9-21)7-11-1-6-16(24)17(25)8-11/h1-6,8,10,13,24-25H,7H2,(H,22,23,26). The Bertz CT molecular complexity index is 1010. The summed E-state index contributed by atoms with van der Waals surface area (Å²) in [6.07, 6.45) is 0.112. The molecule has 1 amide bonds. The summed E-state index contributed by atoms with van der Waals surface area (Å²) < 4.78 is 0.965. The summed E-state index contributed by atoms with van der Waals surface area (Å²) in [6.45, 7) is 0. The number of halogens is 1. The number of hydrogen-bond donors (Lipinski definition) is 3. The highest BCUT2D eigenvalue weighted by molar-refractivity contribution is 9.10. The zero-order chi connectivity index (χ0) is 19.4. The number of amides is 1. The van der Waals surface area contributed by atoms with Crippen LogP contribution in [0, 0.1) is 17.2 Å². The van der Waals surface area contributed by atoms with Crippen molar-refractivity contribution in [3.8, 4) is 28.8 Å². The molecule has 2 aromatic carbocycles. The summed E-state index contributed by atoms with van der Waals surface area (Å²) in [5.41, 5.74) is 2.23. The highest BCUT2D eigenvalue weighted by atomic mass is 79.9. The van der Waals surface area contributed by atoms with Crippen molar-refractivity contribution in [2.45, 2.75) is 6.42 Å². The number of benzene rings is 2. The van der Waals surface area contributed by atoms with E-state index in [9.17, 15) is 20.3 Å². The van der Waals surface area contributed by atoms with Gasteiger partial charge in [0.25, 0.3) is 0 Å². The quantitative estimate of drug-likeness (QED) is 0.509. The van der Waals surface area contributed by atoms with Gasteiger partial charge in [0.15, 0.2) is 16.6 Å². The molecule has 3 rings (SSSR count). The van der Waals surface area contributed by atoms with Crippen molar-refractivity contribution < 1.29 is 15.0 Å². The molecule has 0 saturated heterocycles. The van der Waals surface area contributed by atoms with Crippen LogP contribution in [0.3, 0.4) is 0 Å². The first kappa shape index (κ1) is 18.9. The fourth-order valence-corrected chi connectivity index (χ4v) is 3.39. The zero-order valence-corrected chi connectivity index (χ0v) is 16.3. The van der Waals surface area contributed by atoms with Crippen molar-refractivity contribution in [2.24, 2.45) is 5.92 Å². The SMILES string of the molecule is N#CC(Cc1ccc(O)c(O)c1)C(=O)Nc1nc(-c2ccc(Br)cc2)cs1. The summed E-state index contributed by atoms with van der Waals surface area (Å²) in [6, 6.07) is 13.8. The normalized spacial score (nSPS) is 11.6. The van der Waals surface area contributed by atoms with Crippen LogP contribution in [-0.2, 0) is 11.2 Å². The molecule has 0 aliphatic carbocycles. The molecule has 136 valence electrons. The van der Waals surface area contributed by atoms with E-state index in [1.807, 2.05) is 35.7 Å². The molecule has 8 heteroatoms. The Labute approximate surface area is 167 Å². The largest absolute Gasteiger partial charge is 0.504 e. The van der Waals surface area contributed by atoms with E-state index in [-0.39, 0.29) is 17.9 Å². The van der Waals surface area contributed by atoms with Gasteiger partial charge in [-0.05, 0) is 36.2 Å². The summed E-state index contributed by atoms with van der Waals surface area (Å²) in [5, 5.41) is 33.1. The number of thiazole rings is 1. The van der Waals surface area contributed by atoms with Gasteiger partial charge in [-0.3, -0.25) is 4.79 Å². The Kier molecular flexibility index (Phi) is 5.74. The monoisotopic (exact) mass is 443 g/mol. The van der Waals surface area contributed by atoms with Crippen LogP contribution in [0.2, 0.25) is 0 Å². The smallest absolute Gasteiger partial charge is 0.243 e. The average Bonchev–Trinajstić information content (AvgIpc) is 3.11. The van der Waals surface area contributed by atoms with Crippen molar-refractivity contribution in [1.82, 2.24) is 4.98 Å². The lowest BCUT2D eigenvalue weighted by molar-refractivity contribution is -0.118. The van der Waals surface area contributed by atoms with Gasteiger partial charge in [-0.25, -0.2) is 4.98 Å². The van der Waals surface area contributed by atoms with Crippen molar-refractivity contribution in [1.29, 1.82) is 5.26 Å². The van der Waals surface area contributed by atoms with E-state index in [0.717, 1.165) is 15.7 Å². The van der Waals surface area contributed by atoms with Crippen LogP contribution in [0.1, 0.15) is 5.56 Å². The number of phenolic OH excluding ortho intramolecular Hbond substituents is 2. The van der Waals surface area contributed by atoms with Crippen LogP contribution < -0.4 is 5.32 Å². The predicted molar refractivity (Wildman–Crippen MR) is 106 cm³/mol. The third-order valence-corrected chi connectivity index (χ3v) is 5.11. The third kappa shape index (κ3) is 4.64. The molecule has 6 nitrogen and oxygen atoms in total. The van der Waals surface area contributed by atoms with Crippen LogP contribution >= 0.6 is 27.3 Å². The van der Waals surface area contributed by atoms with Crippen LogP contribution in [0.4, 0.5) is 5.13 Å². The lowest BCUT2D eigenvalue weighted by Gasteiger charge is -2.09. The Morgan fingerprint density at radius 3 is 2.63 bits per heavy atom. The maximum atomic E-state index is 12.4. The fraction of sp³-hybridized carbons (Fsp3) is 0.105. The van der Waals surface area contributed by atoms with E-state index in [0.29, 0.717) is 10.7 Å². The second-order valence-electron chi connectivity index (χ2n) is 5.74. The van der Waals surface area contributed by atoms with Gasteiger partial charge in [-0.15, -0.1) is 11.3 Å². The molecule has 0 bridgehead atoms. The summed E-state index contributed by atoms with van der Waals surface area (Å²) in [5.74, 6) is -1.96. The number of nitriles is 1. The summed E-state index contributed by atoms with van der Waals surface area (Å²) in [7, 11) is 0. The molecule has 0 aliphatic rings.